The molecule has 0 aromatic carbocycles. The molecule has 1 N–H and O–H groups in total. The van der Waals surface area contributed by atoms with Gasteiger partial charge in [0.05, 0.1) is 0 Å². The van der Waals surface area contributed by atoms with Crippen LogP contribution in [0.15, 0.2) is 18.5 Å². The van der Waals surface area contributed by atoms with Crippen LogP contribution < -0.4 is 10.2 Å². The van der Waals surface area contributed by atoms with E-state index in [9.17, 15) is 0 Å². The first-order chi connectivity index (χ1) is 11.7. The maximum Gasteiger partial charge on any atom is 0.177 e. The smallest absolute Gasteiger partial charge is 0.177 e. The molecule has 2 aromatic rings. The van der Waals surface area contributed by atoms with E-state index in [0.29, 0.717) is 12.1 Å². The highest BCUT2D eigenvalue weighted by molar-refractivity contribution is 5.46. The third-order valence-electron chi connectivity index (χ3n) is 5.38. The van der Waals surface area contributed by atoms with Gasteiger partial charge >= 0.3 is 0 Å². The minimum Gasteiger partial charge on any atom is -0.354 e. The van der Waals surface area contributed by atoms with E-state index in [1.807, 2.05) is 12.1 Å². The average Bonchev–Trinajstić information content (AvgIpc) is 3.01. The molecule has 0 bridgehead atoms. The van der Waals surface area contributed by atoms with Crippen molar-refractivity contribution in [3.8, 4) is 0 Å². The third-order valence-corrected chi connectivity index (χ3v) is 5.38. The van der Waals surface area contributed by atoms with E-state index >= 15 is 0 Å². The fourth-order valence-electron chi connectivity index (χ4n) is 3.73. The second-order valence-corrected chi connectivity index (χ2v) is 7.41. The van der Waals surface area contributed by atoms with Gasteiger partial charge in [0, 0.05) is 37.6 Å². The summed E-state index contributed by atoms with van der Waals surface area (Å²) in [6, 6.07) is 5.39. The van der Waals surface area contributed by atoms with Crippen LogP contribution in [0.5, 0.6) is 0 Å². The summed E-state index contributed by atoms with van der Waals surface area (Å²) in [5, 5.41) is 16.2. The summed E-state index contributed by atoms with van der Waals surface area (Å²) >= 11 is 0. The average molecular weight is 329 g/mol. The van der Waals surface area contributed by atoms with E-state index in [1.54, 1.807) is 10.8 Å². The molecule has 0 saturated carbocycles. The number of likely N-dealkylation sites (tertiary alicyclic amines) is 1. The van der Waals surface area contributed by atoms with Crippen LogP contribution in [0.4, 0.5) is 5.82 Å². The summed E-state index contributed by atoms with van der Waals surface area (Å²) < 4.78 is 1.74. The summed E-state index contributed by atoms with van der Waals surface area (Å²) in [5.41, 5.74) is 0.797. The predicted octanol–water partition coefficient (Wildman–Crippen LogP) is 1.02. The molecule has 0 unspecified atom stereocenters. The SMILES string of the molecule is CC(C)N1CCC(NCC2CN(c3ccc4nncn4n3)C2)CC1. The van der Waals surface area contributed by atoms with Crippen molar-refractivity contribution in [2.24, 2.45) is 5.92 Å². The number of aromatic nitrogens is 4. The van der Waals surface area contributed by atoms with Gasteiger partial charge in [-0.2, -0.15) is 4.52 Å². The fraction of sp³-hybridized carbons (Fsp3) is 0.706. The zero-order valence-corrected chi connectivity index (χ0v) is 14.6. The van der Waals surface area contributed by atoms with Gasteiger partial charge in [0.25, 0.3) is 0 Å². The molecule has 0 spiro atoms. The first kappa shape index (κ1) is 15.8. The molecule has 7 nitrogen and oxygen atoms in total. The lowest BCUT2D eigenvalue weighted by Crippen LogP contribution is -2.53. The number of nitrogens with zero attached hydrogens (tertiary/aromatic N) is 6. The first-order valence-electron chi connectivity index (χ1n) is 9.08. The molecule has 130 valence electrons. The van der Waals surface area contributed by atoms with Crippen molar-refractivity contribution in [1.29, 1.82) is 0 Å². The Kier molecular flexibility index (Phi) is 4.37. The number of rotatable bonds is 5. The number of hydrogen-bond donors (Lipinski definition) is 1. The maximum atomic E-state index is 4.56. The van der Waals surface area contributed by atoms with E-state index in [-0.39, 0.29) is 0 Å². The highest BCUT2D eigenvalue weighted by atomic mass is 15.4. The molecular weight excluding hydrogens is 302 g/mol. The zero-order chi connectivity index (χ0) is 16.5. The minimum absolute atomic E-state index is 0.682. The molecule has 0 amide bonds. The molecule has 7 heteroatoms. The van der Waals surface area contributed by atoms with Crippen molar-refractivity contribution in [2.75, 3.05) is 37.6 Å². The highest BCUT2D eigenvalue weighted by Crippen LogP contribution is 2.22. The zero-order valence-electron chi connectivity index (χ0n) is 14.6. The molecule has 4 heterocycles. The van der Waals surface area contributed by atoms with Gasteiger partial charge in [0.15, 0.2) is 5.65 Å². The van der Waals surface area contributed by atoms with E-state index < -0.39 is 0 Å². The Labute approximate surface area is 143 Å². The monoisotopic (exact) mass is 329 g/mol. The van der Waals surface area contributed by atoms with Crippen LogP contribution in [-0.4, -0.2) is 69.5 Å². The minimum atomic E-state index is 0.682. The largest absolute Gasteiger partial charge is 0.354 e. The Bertz CT molecular complexity index is 668. The second-order valence-electron chi connectivity index (χ2n) is 7.41. The number of fused-ring (bicyclic) bond motifs is 1. The van der Waals surface area contributed by atoms with Crippen LogP contribution in [-0.2, 0) is 0 Å². The van der Waals surface area contributed by atoms with Gasteiger partial charge in [-0.3, -0.25) is 0 Å². The molecule has 24 heavy (non-hydrogen) atoms. The number of hydrogen-bond acceptors (Lipinski definition) is 6. The summed E-state index contributed by atoms with van der Waals surface area (Å²) in [7, 11) is 0. The van der Waals surface area contributed by atoms with Crippen LogP contribution >= 0.6 is 0 Å². The van der Waals surface area contributed by atoms with Crippen molar-refractivity contribution < 1.29 is 0 Å². The fourth-order valence-corrected chi connectivity index (χ4v) is 3.73. The predicted molar refractivity (Wildman–Crippen MR) is 94.2 cm³/mol. The van der Waals surface area contributed by atoms with Gasteiger partial charge in [-0.05, 0) is 51.9 Å². The third kappa shape index (κ3) is 3.23. The lowest BCUT2D eigenvalue weighted by molar-refractivity contribution is 0.158. The van der Waals surface area contributed by atoms with Crippen molar-refractivity contribution >= 4 is 11.5 Å². The molecular formula is C17H27N7. The Morgan fingerprint density at radius 3 is 2.75 bits per heavy atom. The Morgan fingerprint density at radius 2 is 2.00 bits per heavy atom. The second kappa shape index (κ2) is 6.64. The normalized spacial score (nSPS) is 20.9. The summed E-state index contributed by atoms with van der Waals surface area (Å²) in [6.45, 7) is 10.3. The van der Waals surface area contributed by atoms with Gasteiger partial charge < -0.3 is 15.1 Å². The maximum absolute atomic E-state index is 4.56. The van der Waals surface area contributed by atoms with Gasteiger partial charge in [-0.25, -0.2) is 0 Å². The highest BCUT2D eigenvalue weighted by Gasteiger charge is 2.29. The van der Waals surface area contributed by atoms with Crippen molar-refractivity contribution in [3.05, 3.63) is 18.5 Å². The van der Waals surface area contributed by atoms with E-state index in [4.69, 9.17) is 0 Å². The van der Waals surface area contributed by atoms with Gasteiger partial charge in [0.1, 0.15) is 12.1 Å². The van der Waals surface area contributed by atoms with Crippen LogP contribution in [0, 0.1) is 5.92 Å². The molecule has 2 aliphatic rings. The molecule has 2 aliphatic heterocycles. The van der Waals surface area contributed by atoms with Crippen molar-refractivity contribution in [1.82, 2.24) is 30.0 Å². The Morgan fingerprint density at radius 1 is 1.21 bits per heavy atom. The molecule has 0 aliphatic carbocycles. The number of nitrogens with one attached hydrogen (secondary N) is 1. The van der Waals surface area contributed by atoms with Gasteiger partial charge in [0.2, 0.25) is 0 Å². The first-order valence-corrected chi connectivity index (χ1v) is 9.08. The quantitative estimate of drug-likeness (QED) is 0.884. The van der Waals surface area contributed by atoms with E-state index in [0.717, 1.165) is 37.0 Å². The van der Waals surface area contributed by atoms with Crippen LogP contribution in [0.2, 0.25) is 0 Å². The van der Waals surface area contributed by atoms with Crippen molar-refractivity contribution in [2.45, 2.75) is 38.8 Å². The lowest BCUT2D eigenvalue weighted by atomic mass is 9.98. The molecule has 0 radical (unpaired) electrons. The van der Waals surface area contributed by atoms with Gasteiger partial charge in [-0.1, -0.05) is 0 Å². The topological polar surface area (TPSA) is 61.6 Å². The summed E-state index contributed by atoms with van der Waals surface area (Å²) in [6.07, 6.45) is 4.21. The molecule has 4 rings (SSSR count). The molecule has 2 aromatic heterocycles. The molecule has 2 fully saturated rings. The van der Waals surface area contributed by atoms with Crippen LogP contribution in [0.1, 0.15) is 26.7 Å². The van der Waals surface area contributed by atoms with Crippen LogP contribution in [0.3, 0.4) is 0 Å². The number of piperidine rings is 1. The van der Waals surface area contributed by atoms with Gasteiger partial charge in [-0.15, -0.1) is 15.3 Å². The standard InChI is InChI=1S/C17H27N7/c1-13(2)22-7-5-15(6-8-22)18-9-14-10-23(11-14)17-4-3-16-20-19-12-24(16)21-17/h3-4,12-15,18H,5-11H2,1-2H3. The molecule has 2 saturated heterocycles. The Balaban J connectivity index is 1.21. The van der Waals surface area contributed by atoms with E-state index in [1.165, 1.54) is 25.9 Å². The molecule has 0 atom stereocenters. The van der Waals surface area contributed by atoms with Crippen LogP contribution in [0.25, 0.3) is 5.65 Å². The lowest BCUT2D eigenvalue weighted by Gasteiger charge is -2.41. The summed E-state index contributed by atoms with van der Waals surface area (Å²) in [5.74, 6) is 1.75. The van der Waals surface area contributed by atoms with Crippen molar-refractivity contribution in [3.63, 3.8) is 0 Å². The Hall–Kier alpha value is -1.73. The number of anilines is 1. The van der Waals surface area contributed by atoms with E-state index in [2.05, 4.69) is 44.3 Å². The summed E-state index contributed by atoms with van der Waals surface area (Å²) in [4.78, 5) is 4.91.